The first-order chi connectivity index (χ1) is 10.7. The third-order valence-electron chi connectivity index (χ3n) is 4.43. The molecule has 5 nitrogen and oxygen atoms in total. The van der Waals surface area contributed by atoms with Gasteiger partial charge in [0.05, 0.1) is 23.3 Å². The fourth-order valence-corrected chi connectivity index (χ4v) is 4.10. The van der Waals surface area contributed by atoms with Gasteiger partial charge in [0.15, 0.2) is 5.96 Å². The molecule has 3 unspecified atom stereocenters. The fourth-order valence-electron chi connectivity index (χ4n) is 3.29. The van der Waals surface area contributed by atoms with Crippen LogP contribution in [0.4, 0.5) is 0 Å². The number of thiazole rings is 1. The number of rotatable bonds is 6. The number of ether oxygens (including phenoxy) is 1. The van der Waals surface area contributed by atoms with E-state index in [1.165, 1.54) is 17.8 Å². The molecular formula is C16H26N4OS. The van der Waals surface area contributed by atoms with Gasteiger partial charge in [0.1, 0.15) is 0 Å². The van der Waals surface area contributed by atoms with E-state index in [2.05, 4.69) is 32.9 Å². The molecule has 0 radical (unpaired) electrons. The summed E-state index contributed by atoms with van der Waals surface area (Å²) in [4.78, 5) is 8.82. The highest BCUT2D eigenvalue weighted by Gasteiger charge is 2.40. The summed E-state index contributed by atoms with van der Waals surface area (Å²) < 4.78 is 5.87. The first kappa shape index (κ1) is 15.7. The van der Waals surface area contributed by atoms with Crippen LogP contribution in [0.5, 0.6) is 0 Å². The van der Waals surface area contributed by atoms with Gasteiger partial charge < -0.3 is 15.4 Å². The lowest BCUT2D eigenvalue weighted by Gasteiger charge is -2.22. The van der Waals surface area contributed by atoms with E-state index in [9.17, 15) is 0 Å². The highest BCUT2D eigenvalue weighted by Crippen LogP contribution is 2.34. The van der Waals surface area contributed by atoms with Crippen molar-refractivity contribution in [1.82, 2.24) is 15.6 Å². The lowest BCUT2D eigenvalue weighted by Crippen LogP contribution is -2.47. The maximum Gasteiger partial charge on any atom is 0.191 e. The van der Waals surface area contributed by atoms with Crippen molar-refractivity contribution in [1.29, 1.82) is 0 Å². The van der Waals surface area contributed by atoms with E-state index in [1.807, 2.05) is 7.05 Å². The number of hydrogen-bond acceptors (Lipinski definition) is 4. The Kier molecular flexibility index (Phi) is 5.31. The molecule has 3 heterocycles. The topological polar surface area (TPSA) is 58.5 Å². The van der Waals surface area contributed by atoms with Crippen LogP contribution in [-0.2, 0) is 11.2 Å². The average Bonchev–Trinajstić information content (AvgIpc) is 3.22. The van der Waals surface area contributed by atoms with Gasteiger partial charge in [-0.05, 0) is 45.4 Å². The zero-order valence-corrected chi connectivity index (χ0v) is 14.3. The molecule has 1 aromatic heterocycles. The van der Waals surface area contributed by atoms with Gasteiger partial charge >= 0.3 is 0 Å². The lowest BCUT2D eigenvalue weighted by atomic mass is 9.96. The van der Waals surface area contributed by atoms with Gasteiger partial charge in [-0.15, -0.1) is 11.3 Å². The third kappa shape index (κ3) is 3.98. The van der Waals surface area contributed by atoms with Gasteiger partial charge in [0, 0.05) is 24.7 Å². The molecule has 2 aliphatic rings. The molecule has 0 aliphatic carbocycles. The molecule has 0 saturated carbocycles. The molecule has 1 aromatic rings. The van der Waals surface area contributed by atoms with Gasteiger partial charge in [-0.1, -0.05) is 0 Å². The predicted octanol–water partition coefficient (Wildman–Crippen LogP) is 2.26. The van der Waals surface area contributed by atoms with Crippen molar-refractivity contribution in [3.63, 3.8) is 0 Å². The van der Waals surface area contributed by atoms with Crippen LogP contribution in [0.25, 0.3) is 0 Å². The van der Waals surface area contributed by atoms with Gasteiger partial charge in [-0.25, -0.2) is 4.98 Å². The average molecular weight is 322 g/mol. The van der Waals surface area contributed by atoms with Crippen molar-refractivity contribution in [3.8, 4) is 0 Å². The minimum Gasteiger partial charge on any atom is -0.373 e. The molecule has 0 aromatic carbocycles. The lowest BCUT2D eigenvalue weighted by molar-refractivity contribution is 0.0992. The number of aryl methyl sites for hydroxylation is 2. The zero-order chi connectivity index (χ0) is 15.4. The van der Waals surface area contributed by atoms with E-state index in [-0.39, 0.29) is 0 Å². The third-order valence-corrected chi connectivity index (χ3v) is 5.45. The van der Waals surface area contributed by atoms with E-state index in [1.54, 1.807) is 11.3 Å². The van der Waals surface area contributed by atoms with Crippen LogP contribution in [0.15, 0.2) is 10.4 Å². The number of unbranched alkanes of at least 4 members (excludes halogenated alkanes) is 1. The normalized spacial score (nSPS) is 27.4. The molecular weight excluding hydrogens is 296 g/mol. The molecule has 3 rings (SSSR count). The monoisotopic (exact) mass is 322 g/mol. The first-order valence-electron chi connectivity index (χ1n) is 8.28. The van der Waals surface area contributed by atoms with Crippen LogP contribution in [-0.4, -0.2) is 42.8 Å². The molecule has 22 heavy (non-hydrogen) atoms. The molecule has 2 N–H and O–H groups in total. The molecule has 2 fully saturated rings. The summed E-state index contributed by atoms with van der Waals surface area (Å²) in [6, 6.07) is 0.434. The Bertz CT molecular complexity index is 516. The molecule has 0 spiro atoms. The Morgan fingerprint density at radius 1 is 1.45 bits per heavy atom. The molecule has 6 heteroatoms. The number of aliphatic imine (C=N–C) groups is 1. The number of aromatic nitrogens is 1. The number of nitrogens with zero attached hydrogens (tertiary/aromatic N) is 2. The first-order valence-corrected chi connectivity index (χ1v) is 9.16. The van der Waals surface area contributed by atoms with Crippen LogP contribution in [0.2, 0.25) is 0 Å². The Balaban J connectivity index is 1.31. The van der Waals surface area contributed by atoms with E-state index in [0.717, 1.165) is 43.9 Å². The Labute approximate surface area is 136 Å². The maximum absolute atomic E-state index is 5.87. The van der Waals surface area contributed by atoms with Crippen molar-refractivity contribution in [2.75, 3.05) is 13.6 Å². The summed E-state index contributed by atoms with van der Waals surface area (Å²) in [5.74, 6) is 0.909. The second kappa shape index (κ2) is 7.42. The van der Waals surface area contributed by atoms with Gasteiger partial charge in [0.2, 0.25) is 0 Å². The maximum atomic E-state index is 5.87. The highest BCUT2D eigenvalue weighted by atomic mass is 32.1. The molecule has 122 valence electrons. The van der Waals surface area contributed by atoms with E-state index < -0.39 is 0 Å². The molecule has 2 aliphatic heterocycles. The largest absolute Gasteiger partial charge is 0.373 e. The summed E-state index contributed by atoms with van der Waals surface area (Å²) in [6.07, 6.45) is 7.76. The second-order valence-corrected chi connectivity index (χ2v) is 7.14. The smallest absolute Gasteiger partial charge is 0.191 e. The van der Waals surface area contributed by atoms with Gasteiger partial charge in [0.25, 0.3) is 0 Å². The van der Waals surface area contributed by atoms with Crippen LogP contribution < -0.4 is 10.6 Å². The Morgan fingerprint density at radius 3 is 3.00 bits per heavy atom. The number of hydrogen-bond donors (Lipinski definition) is 2. The van der Waals surface area contributed by atoms with E-state index in [0.29, 0.717) is 18.2 Å². The van der Waals surface area contributed by atoms with Crippen molar-refractivity contribution in [3.05, 3.63) is 16.1 Å². The van der Waals surface area contributed by atoms with Crippen molar-refractivity contribution in [2.45, 2.75) is 63.7 Å². The van der Waals surface area contributed by atoms with Crippen molar-refractivity contribution < 1.29 is 4.74 Å². The van der Waals surface area contributed by atoms with Gasteiger partial charge in [-0.3, -0.25) is 4.99 Å². The van der Waals surface area contributed by atoms with E-state index in [4.69, 9.17) is 4.74 Å². The standard InChI is InChI=1S/C16H26N4OS/c1-11-10-22-15(19-11)5-3-4-8-18-16(17-2)20-13-9-12-6-7-14(13)21-12/h10,12-14H,3-9H2,1-2H3,(H2,17,18,20). The predicted molar refractivity (Wildman–Crippen MR) is 90.6 cm³/mol. The summed E-state index contributed by atoms with van der Waals surface area (Å²) in [5.41, 5.74) is 1.14. The number of fused-ring (bicyclic) bond motifs is 2. The van der Waals surface area contributed by atoms with Crippen LogP contribution >= 0.6 is 11.3 Å². The fraction of sp³-hybridized carbons (Fsp3) is 0.750. The minimum atomic E-state index is 0.386. The van der Waals surface area contributed by atoms with Gasteiger partial charge in [-0.2, -0.15) is 0 Å². The van der Waals surface area contributed by atoms with Crippen LogP contribution in [0, 0.1) is 6.92 Å². The second-order valence-electron chi connectivity index (χ2n) is 6.20. The number of nitrogens with one attached hydrogen (secondary N) is 2. The Hall–Kier alpha value is -1.14. The summed E-state index contributed by atoms with van der Waals surface area (Å²) in [6.45, 7) is 3.00. The summed E-state index contributed by atoms with van der Waals surface area (Å²) >= 11 is 1.77. The summed E-state index contributed by atoms with van der Waals surface area (Å²) in [7, 11) is 1.84. The zero-order valence-electron chi connectivity index (χ0n) is 13.5. The number of guanidine groups is 1. The van der Waals surface area contributed by atoms with Crippen LogP contribution in [0.1, 0.15) is 42.8 Å². The molecule has 0 amide bonds. The molecule has 2 bridgehead atoms. The van der Waals surface area contributed by atoms with Crippen molar-refractivity contribution in [2.24, 2.45) is 4.99 Å². The summed E-state index contributed by atoms with van der Waals surface area (Å²) in [5, 5.41) is 10.3. The van der Waals surface area contributed by atoms with Crippen LogP contribution in [0.3, 0.4) is 0 Å². The van der Waals surface area contributed by atoms with E-state index >= 15 is 0 Å². The quantitative estimate of drug-likeness (QED) is 0.479. The SMILES string of the molecule is CN=C(NCCCCc1nc(C)cs1)NC1CC2CCC1O2. The molecule has 2 saturated heterocycles. The Morgan fingerprint density at radius 2 is 2.36 bits per heavy atom. The highest BCUT2D eigenvalue weighted by molar-refractivity contribution is 7.09. The minimum absolute atomic E-state index is 0.386. The van der Waals surface area contributed by atoms with Crippen molar-refractivity contribution >= 4 is 17.3 Å². The molecule has 3 atom stereocenters.